The topological polar surface area (TPSA) is 3.24 Å². The van der Waals surface area contributed by atoms with Crippen LogP contribution in [-0.4, -0.2) is 0 Å². The van der Waals surface area contributed by atoms with Crippen molar-refractivity contribution < 1.29 is 0 Å². The zero-order chi connectivity index (χ0) is 70.3. The monoisotopic (exact) mass is 1380 g/mol. The first kappa shape index (κ1) is 66.1. The molecule has 0 N–H and O–H groups in total. The normalized spacial score (nSPS) is 15.0. The molecule has 104 heavy (non-hydrogen) atoms. The highest BCUT2D eigenvalue weighted by molar-refractivity contribution is 7.26. The summed E-state index contributed by atoms with van der Waals surface area (Å²) in [6, 6.07) is 107. The minimum Gasteiger partial charge on any atom is -0.310 e. The maximum atomic E-state index is 2.75. The van der Waals surface area contributed by atoms with Crippen LogP contribution in [0.3, 0.4) is 0 Å². The van der Waals surface area contributed by atoms with Gasteiger partial charge in [-0.3, -0.25) is 0 Å². The molecule has 3 aliphatic rings. The molecule has 1 atom stereocenters. The molecule has 1 nitrogen and oxygen atoms in total. The van der Waals surface area contributed by atoms with Gasteiger partial charge >= 0.3 is 0 Å². The molecule has 0 radical (unpaired) electrons. The Balaban J connectivity index is 0.740. The Bertz CT molecular complexity index is 5590. The van der Waals surface area contributed by atoms with E-state index in [1.807, 2.05) is 22.7 Å². The van der Waals surface area contributed by atoms with E-state index in [1.54, 1.807) is 22.3 Å². The molecule has 512 valence electrons. The summed E-state index contributed by atoms with van der Waals surface area (Å²) in [7, 11) is 0. The summed E-state index contributed by atoms with van der Waals surface area (Å²) < 4.78 is 5.30. The average Bonchev–Trinajstić information content (AvgIpc) is 1.52. The minimum atomic E-state index is -0.394. The Morgan fingerprint density at radius 1 is 0.260 bits per heavy atom. The highest BCUT2D eigenvalue weighted by Gasteiger charge is 2.49. The molecule has 2 aromatic heterocycles. The first-order valence-corrected chi connectivity index (χ1v) is 40.4. The second-order valence-corrected chi connectivity index (χ2v) is 32.9. The number of anilines is 3. The van der Waals surface area contributed by atoms with Gasteiger partial charge in [-0.25, -0.2) is 0 Å². The van der Waals surface area contributed by atoms with Crippen LogP contribution in [-0.2, 0) is 29.1 Å². The second-order valence-electron chi connectivity index (χ2n) is 30.8. The van der Waals surface area contributed by atoms with Gasteiger partial charge in [-0.2, -0.15) is 0 Å². The van der Waals surface area contributed by atoms with Crippen LogP contribution in [0.25, 0.3) is 107 Å². The molecule has 0 saturated carbocycles. The van der Waals surface area contributed by atoms with E-state index in [2.05, 4.69) is 319 Å². The van der Waals surface area contributed by atoms with Crippen LogP contribution >= 0.6 is 22.7 Å². The highest BCUT2D eigenvalue weighted by Crippen LogP contribution is 2.62. The predicted octanol–water partition coefficient (Wildman–Crippen LogP) is 29.6. The molecule has 15 aromatic rings. The van der Waals surface area contributed by atoms with Gasteiger partial charge in [0.2, 0.25) is 0 Å². The van der Waals surface area contributed by atoms with Crippen LogP contribution in [0.4, 0.5) is 17.1 Å². The van der Waals surface area contributed by atoms with Gasteiger partial charge < -0.3 is 4.90 Å². The van der Waals surface area contributed by atoms with Crippen LogP contribution in [0.1, 0.15) is 160 Å². The minimum absolute atomic E-state index is 0.0395. The molecular weight excluding hydrogens is 1290 g/mol. The van der Waals surface area contributed by atoms with Crippen LogP contribution in [0.15, 0.2) is 273 Å². The van der Waals surface area contributed by atoms with E-state index < -0.39 is 5.41 Å². The molecule has 3 aliphatic carbocycles. The van der Waals surface area contributed by atoms with Crippen molar-refractivity contribution in [3.63, 3.8) is 0 Å². The van der Waals surface area contributed by atoms with Crippen molar-refractivity contribution in [2.45, 2.75) is 148 Å². The van der Waals surface area contributed by atoms with Crippen molar-refractivity contribution in [1.29, 1.82) is 0 Å². The summed E-state index contributed by atoms with van der Waals surface area (Å²) in [6.45, 7) is 14.1. The summed E-state index contributed by atoms with van der Waals surface area (Å²) >= 11 is 3.75. The Morgan fingerprint density at radius 2 is 0.625 bits per heavy atom. The number of hydrogen-bond donors (Lipinski definition) is 0. The quantitative estimate of drug-likeness (QED) is 0.0654. The van der Waals surface area contributed by atoms with Gasteiger partial charge in [0.1, 0.15) is 0 Å². The standard InChI is InChI=1S/C101H91NS2/c1-7-11-53-99(54-12-8-2)90-57-67(6)29-48-81(90)85-62-94-86(63-93(85)99)82-49-40-75(60-91(82)100(94,55-13-9-3)56-14-10-4)70-34-32-69(33-35-70)65-101(64-68-30-27-66(5)28-31-68)89-24-18-15-21-79(89)80-50-47-78(61-92(80)101)102(76-43-36-71(37-44-76)73-41-51-97-87(58-73)83-22-16-19-25-95(83)103-97)77-45-38-72(39-46-77)74-42-52-98-88(59-74)84-23-17-20-26-96(84)104-98/h15-52,57-63H,7-14,53-56,64-65H2,1-6H3. The van der Waals surface area contributed by atoms with Gasteiger partial charge in [-0.05, 0) is 255 Å². The molecule has 0 spiro atoms. The zero-order valence-corrected chi connectivity index (χ0v) is 62.8. The molecule has 0 bridgehead atoms. The molecule has 2 heterocycles. The van der Waals surface area contributed by atoms with E-state index in [9.17, 15) is 0 Å². The van der Waals surface area contributed by atoms with Gasteiger partial charge in [0, 0.05) is 73.7 Å². The molecule has 3 heteroatoms. The molecule has 0 amide bonds. The van der Waals surface area contributed by atoms with E-state index in [0.29, 0.717) is 0 Å². The largest absolute Gasteiger partial charge is 0.310 e. The highest BCUT2D eigenvalue weighted by atomic mass is 32.1. The van der Waals surface area contributed by atoms with E-state index >= 15 is 0 Å². The Morgan fingerprint density at radius 3 is 1.15 bits per heavy atom. The van der Waals surface area contributed by atoms with Crippen LogP contribution in [0.2, 0.25) is 0 Å². The van der Waals surface area contributed by atoms with E-state index in [0.717, 1.165) is 29.9 Å². The zero-order valence-electron chi connectivity index (χ0n) is 61.1. The SMILES string of the molecule is CCCCC1(CCCC)c2cc(C)ccc2-c2cc3c(cc21)-c1ccc(-c2ccc(CC4(Cc5ccc(C)cc5)c5ccccc5-c5ccc(N(c6ccc(-c7ccc8sc9ccccc9c8c7)cc6)c6ccc(-c7ccc8sc9ccccc9c8c7)cc6)cc54)cc2)cc1C3(CCCC)CCCC. The molecule has 18 rings (SSSR count). The third kappa shape index (κ3) is 11.1. The van der Waals surface area contributed by atoms with Crippen molar-refractivity contribution in [3.05, 3.63) is 329 Å². The predicted molar refractivity (Wildman–Crippen MR) is 450 cm³/mol. The maximum Gasteiger partial charge on any atom is 0.0465 e. The Hall–Kier alpha value is -9.90. The number of aryl methyl sites for hydroxylation is 2. The number of fused-ring (bicyclic) bond motifs is 15. The number of benzene rings is 13. The van der Waals surface area contributed by atoms with Crippen molar-refractivity contribution in [2.24, 2.45) is 0 Å². The summed E-state index contributed by atoms with van der Waals surface area (Å²) in [6.07, 6.45) is 16.1. The lowest BCUT2D eigenvalue weighted by Crippen LogP contribution is -2.31. The number of thiophene rings is 2. The van der Waals surface area contributed by atoms with Crippen molar-refractivity contribution in [3.8, 4) is 66.8 Å². The van der Waals surface area contributed by atoms with Gasteiger partial charge in [-0.1, -0.05) is 272 Å². The summed E-state index contributed by atoms with van der Waals surface area (Å²) in [5, 5.41) is 5.28. The molecule has 0 aliphatic heterocycles. The van der Waals surface area contributed by atoms with Crippen molar-refractivity contribution in [2.75, 3.05) is 4.90 Å². The van der Waals surface area contributed by atoms with Crippen LogP contribution in [0, 0.1) is 13.8 Å². The van der Waals surface area contributed by atoms with Crippen LogP contribution < -0.4 is 4.90 Å². The lowest BCUT2D eigenvalue weighted by Gasteiger charge is -2.35. The molecular formula is C101H91NS2. The third-order valence-electron chi connectivity index (χ3n) is 24.4. The lowest BCUT2D eigenvalue weighted by atomic mass is 9.68. The molecule has 1 unspecified atom stereocenters. The van der Waals surface area contributed by atoms with E-state index in [1.165, 1.54) is 218 Å². The summed E-state index contributed by atoms with van der Waals surface area (Å²) in [5.74, 6) is 0. The molecule has 13 aromatic carbocycles. The van der Waals surface area contributed by atoms with Crippen molar-refractivity contribution in [1.82, 2.24) is 0 Å². The van der Waals surface area contributed by atoms with E-state index in [-0.39, 0.29) is 10.8 Å². The first-order chi connectivity index (χ1) is 51.1. The lowest BCUT2D eigenvalue weighted by molar-refractivity contribution is 0.410. The smallest absolute Gasteiger partial charge is 0.0465 e. The first-order valence-electron chi connectivity index (χ1n) is 38.8. The van der Waals surface area contributed by atoms with Crippen molar-refractivity contribution >= 4 is 80.1 Å². The fraction of sp³-hybridized carbons (Fsp3) is 0.228. The maximum absolute atomic E-state index is 2.75. The van der Waals surface area contributed by atoms with Gasteiger partial charge in [0.25, 0.3) is 0 Å². The number of nitrogens with zero attached hydrogens (tertiary/aromatic N) is 1. The average molecular weight is 1380 g/mol. The Kier molecular flexibility index (Phi) is 17.1. The summed E-state index contributed by atoms with van der Waals surface area (Å²) in [5.41, 5.74) is 33.5. The van der Waals surface area contributed by atoms with Gasteiger partial charge in [-0.15, -0.1) is 22.7 Å². The number of hydrogen-bond acceptors (Lipinski definition) is 3. The van der Waals surface area contributed by atoms with Gasteiger partial charge in [0.05, 0.1) is 0 Å². The third-order valence-corrected chi connectivity index (χ3v) is 26.7. The van der Waals surface area contributed by atoms with Gasteiger partial charge in [0.15, 0.2) is 0 Å². The summed E-state index contributed by atoms with van der Waals surface area (Å²) in [4.78, 5) is 2.50. The van der Waals surface area contributed by atoms with Crippen LogP contribution in [0.5, 0.6) is 0 Å². The van der Waals surface area contributed by atoms with E-state index in [4.69, 9.17) is 0 Å². The fourth-order valence-corrected chi connectivity index (χ4v) is 21.3. The molecule has 0 fully saturated rings. The molecule has 0 saturated heterocycles. The number of rotatable bonds is 22. The fourth-order valence-electron chi connectivity index (χ4n) is 19.1. The Labute approximate surface area is 623 Å². The second kappa shape index (κ2) is 27.0. The number of unbranched alkanes of at least 4 members (excludes halogenated alkanes) is 4.